The van der Waals surface area contributed by atoms with E-state index in [1.165, 1.54) is 25.5 Å². The van der Waals surface area contributed by atoms with Crippen LogP contribution >= 0.6 is 0 Å². The molecule has 3 nitrogen and oxygen atoms in total. The van der Waals surface area contributed by atoms with E-state index < -0.39 is 0 Å². The Bertz CT molecular complexity index is 669. The summed E-state index contributed by atoms with van der Waals surface area (Å²) < 4.78 is 1.89. The number of carbonyl (C=O) groups is 1. The van der Waals surface area contributed by atoms with Gasteiger partial charge in [0, 0.05) is 33.2 Å². The van der Waals surface area contributed by atoms with E-state index >= 15 is 0 Å². The van der Waals surface area contributed by atoms with Gasteiger partial charge in [-0.2, -0.15) is 18.6 Å². The molecule has 0 atom stereocenters. The Morgan fingerprint density at radius 3 is 2.22 bits per heavy atom. The molecule has 1 heterocycles. The minimum atomic E-state index is -0.125. The van der Waals surface area contributed by atoms with Gasteiger partial charge in [-0.05, 0) is 26.3 Å². The average Bonchev–Trinajstić information content (AvgIpc) is 2.39. The number of ketones is 1. The molecule has 0 saturated heterocycles. The van der Waals surface area contributed by atoms with Crippen LogP contribution in [-0.4, -0.2) is 10.9 Å². The number of aliphatic hydroxyl groups is 1. The van der Waals surface area contributed by atoms with Crippen molar-refractivity contribution in [3.05, 3.63) is 79.5 Å². The quantitative estimate of drug-likeness (QED) is 0.302. The van der Waals surface area contributed by atoms with Gasteiger partial charge in [-0.15, -0.1) is 17.7 Å². The van der Waals surface area contributed by atoms with Crippen LogP contribution in [-0.2, 0) is 24.9 Å². The Kier molecular flexibility index (Phi) is 9.01. The van der Waals surface area contributed by atoms with Crippen molar-refractivity contribution in [3.63, 3.8) is 0 Å². The van der Waals surface area contributed by atoms with Crippen molar-refractivity contribution in [2.75, 3.05) is 0 Å². The molecule has 0 fully saturated rings. The van der Waals surface area contributed by atoms with E-state index in [1.54, 1.807) is 0 Å². The smallest absolute Gasteiger partial charge is 0.155 e. The van der Waals surface area contributed by atoms with Gasteiger partial charge < -0.3 is 9.67 Å². The molecule has 0 amide bonds. The molecule has 0 spiro atoms. The summed E-state index contributed by atoms with van der Waals surface area (Å²) in [6.07, 6.45) is 3.12. The van der Waals surface area contributed by atoms with Crippen LogP contribution in [0.1, 0.15) is 25.0 Å². The minimum absolute atomic E-state index is 0. The first-order valence-corrected chi connectivity index (χ1v) is 6.94. The van der Waals surface area contributed by atoms with Gasteiger partial charge in [0.05, 0.1) is 17.6 Å². The van der Waals surface area contributed by atoms with Gasteiger partial charge in [0.15, 0.2) is 5.78 Å². The fraction of sp³-hybridized carbons (Fsp3) is 0.158. The van der Waals surface area contributed by atoms with Crippen LogP contribution in [0.25, 0.3) is 11.3 Å². The summed E-state index contributed by atoms with van der Waals surface area (Å²) in [6.45, 7) is 8.97. The first-order valence-electron chi connectivity index (χ1n) is 6.94. The largest absolute Gasteiger partial charge is 0.512 e. The normalized spacial score (nSPS) is 10.1. The summed E-state index contributed by atoms with van der Waals surface area (Å²) in [5, 5.41) is 8.36. The maximum Gasteiger partial charge on any atom is 0.155 e. The first kappa shape index (κ1) is 21.0. The van der Waals surface area contributed by atoms with Crippen LogP contribution in [0.3, 0.4) is 0 Å². The Hall–Kier alpha value is -2.03. The maximum atomic E-state index is 10.0. The third-order valence-corrected chi connectivity index (χ3v) is 2.96. The van der Waals surface area contributed by atoms with Crippen LogP contribution in [0, 0.1) is 20.9 Å². The molecule has 0 aliphatic heterocycles. The molecule has 4 heteroatoms. The number of hydrogen-bond acceptors (Lipinski definition) is 2. The first-order chi connectivity index (χ1) is 10.3. The molecule has 1 aromatic heterocycles. The fourth-order valence-corrected chi connectivity index (χ4v) is 2.08. The molecule has 1 radical (unpaired) electrons. The standard InChI is InChI=1S/C14H14N.C5H8O2.Ir/c1-11-7-4-5-9-13(11)14-12(2)8-6-10-15(14)3;1-4(6)3-5(2)7;/h4-10H,1,3H2,2H3;3,6H,1-2H3;/q-1;;/b;4-3-;. The Labute approximate surface area is 152 Å². The molecule has 2 aromatic rings. The summed E-state index contributed by atoms with van der Waals surface area (Å²) in [7, 11) is 3.99. The third kappa shape index (κ3) is 6.72. The second kappa shape index (κ2) is 9.88. The fourth-order valence-electron chi connectivity index (χ4n) is 2.08. The van der Waals surface area contributed by atoms with Gasteiger partial charge in [0.25, 0.3) is 0 Å². The van der Waals surface area contributed by atoms with Crippen LogP contribution in [0.5, 0.6) is 0 Å². The van der Waals surface area contributed by atoms with Crippen molar-refractivity contribution in [1.29, 1.82) is 0 Å². The molecule has 0 unspecified atom stereocenters. The zero-order valence-electron chi connectivity index (χ0n) is 13.7. The van der Waals surface area contributed by atoms with Gasteiger partial charge in [-0.3, -0.25) is 4.79 Å². The van der Waals surface area contributed by atoms with Gasteiger partial charge in [0.2, 0.25) is 0 Å². The molecule has 0 aliphatic rings. The van der Waals surface area contributed by atoms with Crippen molar-refractivity contribution in [1.82, 2.24) is 0 Å². The molecule has 0 saturated carbocycles. The monoisotopic (exact) mass is 489 g/mol. The predicted molar refractivity (Wildman–Crippen MR) is 89.1 cm³/mol. The van der Waals surface area contributed by atoms with Crippen LogP contribution in [0.4, 0.5) is 0 Å². The van der Waals surface area contributed by atoms with E-state index in [4.69, 9.17) is 5.11 Å². The Morgan fingerprint density at radius 1 is 1.17 bits per heavy atom. The minimum Gasteiger partial charge on any atom is -0.512 e. The van der Waals surface area contributed by atoms with Crippen LogP contribution < -0.4 is 4.57 Å². The maximum absolute atomic E-state index is 10.0. The summed E-state index contributed by atoms with van der Waals surface area (Å²) in [6, 6.07) is 12.2. The Balaban J connectivity index is 0.000000522. The molecular weight excluding hydrogens is 466 g/mol. The number of allylic oxidation sites excluding steroid dienone is 2. The summed E-state index contributed by atoms with van der Waals surface area (Å²) in [5.74, 6) is -0.0625. The number of aromatic nitrogens is 1. The SMILES string of the molecule is CC(=O)/C=C(/C)O.[CH2-]c1ccccc1-c1c(C)ccc[n+]1[CH2-].[Ir]. The number of aryl methyl sites for hydroxylation is 1. The number of aliphatic hydroxyl groups excluding tert-OH is 1. The van der Waals surface area contributed by atoms with E-state index in [1.807, 2.05) is 35.0 Å². The number of rotatable bonds is 2. The third-order valence-electron chi connectivity index (χ3n) is 2.96. The number of pyridine rings is 1. The molecular formula is C19H22IrNO2-. The second-order valence-electron chi connectivity index (χ2n) is 5.06. The summed E-state index contributed by atoms with van der Waals surface area (Å²) in [4.78, 5) is 10.0. The molecule has 2 rings (SSSR count). The van der Waals surface area contributed by atoms with Crippen molar-refractivity contribution in [3.8, 4) is 11.3 Å². The molecule has 23 heavy (non-hydrogen) atoms. The van der Waals surface area contributed by atoms with Gasteiger partial charge in [-0.1, -0.05) is 18.2 Å². The molecule has 1 N–H and O–H groups in total. The van der Waals surface area contributed by atoms with E-state index in [0.717, 1.165) is 16.8 Å². The van der Waals surface area contributed by atoms with Crippen LogP contribution in [0.2, 0.25) is 0 Å². The summed E-state index contributed by atoms with van der Waals surface area (Å²) >= 11 is 0. The number of hydrogen-bond donors (Lipinski definition) is 1. The van der Waals surface area contributed by atoms with Crippen molar-refractivity contribution in [2.24, 2.45) is 0 Å². The van der Waals surface area contributed by atoms with Gasteiger partial charge in [-0.25, -0.2) is 0 Å². The van der Waals surface area contributed by atoms with Crippen molar-refractivity contribution < 1.29 is 34.6 Å². The average molecular weight is 489 g/mol. The zero-order valence-corrected chi connectivity index (χ0v) is 16.1. The zero-order chi connectivity index (χ0) is 16.7. The van der Waals surface area contributed by atoms with Crippen molar-refractivity contribution in [2.45, 2.75) is 20.8 Å². The molecule has 125 valence electrons. The van der Waals surface area contributed by atoms with Gasteiger partial charge >= 0.3 is 0 Å². The van der Waals surface area contributed by atoms with E-state index in [-0.39, 0.29) is 31.6 Å². The Morgan fingerprint density at radius 2 is 1.78 bits per heavy atom. The second-order valence-corrected chi connectivity index (χ2v) is 5.06. The molecule has 0 aliphatic carbocycles. The number of nitrogens with zero attached hydrogens (tertiary/aromatic N) is 1. The number of carbonyl (C=O) groups excluding carboxylic acids is 1. The summed E-state index contributed by atoms with van der Waals surface area (Å²) in [5.41, 5.74) is 4.52. The predicted octanol–water partition coefficient (Wildman–Crippen LogP) is 3.81. The van der Waals surface area contributed by atoms with Crippen molar-refractivity contribution >= 4 is 5.78 Å². The van der Waals surface area contributed by atoms with E-state index in [9.17, 15) is 4.79 Å². The molecule has 1 aromatic carbocycles. The van der Waals surface area contributed by atoms with E-state index in [2.05, 4.69) is 33.0 Å². The molecule has 0 bridgehead atoms. The van der Waals surface area contributed by atoms with E-state index in [0.29, 0.717) is 0 Å². The van der Waals surface area contributed by atoms with Crippen LogP contribution in [0.15, 0.2) is 54.4 Å². The topological polar surface area (TPSA) is 41.2 Å². The number of benzene rings is 1. The van der Waals surface area contributed by atoms with Gasteiger partial charge in [0.1, 0.15) is 0 Å².